The quantitative estimate of drug-likeness (QED) is 0.205. The summed E-state index contributed by atoms with van der Waals surface area (Å²) < 4.78 is 27.8. The van der Waals surface area contributed by atoms with E-state index in [4.69, 9.17) is 11.6 Å². The van der Waals surface area contributed by atoms with Crippen LogP contribution in [0.2, 0.25) is 0 Å². The molecular weight excluding hydrogens is 418 g/mol. The van der Waals surface area contributed by atoms with Crippen molar-refractivity contribution in [2.24, 2.45) is 11.8 Å². The van der Waals surface area contributed by atoms with Crippen molar-refractivity contribution in [1.82, 2.24) is 5.01 Å². The number of anilines is 2. The molecular formula is C23H24F2N4OS. The van der Waals surface area contributed by atoms with Crippen LogP contribution in [0.4, 0.5) is 20.2 Å². The number of nitrogens with two attached hydrogens (primary N) is 2. The molecule has 0 atom stereocenters. The summed E-state index contributed by atoms with van der Waals surface area (Å²) in [6, 6.07) is 13.0. The average Bonchev–Trinajstić information content (AvgIpc) is 3.25. The molecule has 3 aromatic rings. The first kappa shape index (κ1) is 22.5. The Hall–Kier alpha value is -3.23. The number of rotatable bonds is 7. The number of carbonyl (C=O) groups is 1. The highest BCUT2D eigenvalue weighted by atomic mass is 32.1. The minimum Gasteiger partial charge on any atom is -0.397 e. The molecule has 0 unspecified atom stereocenters. The van der Waals surface area contributed by atoms with Crippen LogP contribution in [-0.4, -0.2) is 10.9 Å². The smallest absolute Gasteiger partial charge is 0.253 e. The van der Waals surface area contributed by atoms with Gasteiger partial charge in [0.05, 0.1) is 17.9 Å². The van der Waals surface area contributed by atoms with Crippen LogP contribution < -0.4 is 16.9 Å². The number of amides is 1. The van der Waals surface area contributed by atoms with Crippen molar-refractivity contribution >= 4 is 28.6 Å². The number of halogens is 2. The van der Waals surface area contributed by atoms with Crippen LogP contribution in [0.5, 0.6) is 0 Å². The Morgan fingerprint density at radius 2 is 1.87 bits per heavy atom. The van der Waals surface area contributed by atoms with E-state index in [1.165, 1.54) is 12.3 Å². The van der Waals surface area contributed by atoms with Crippen molar-refractivity contribution in [2.45, 2.75) is 20.4 Å². The van der Waals surface area contributed by atoms with Crippen LogP contribution in [-0.2, 0) is 11.3 Å². The average molecular weight is 443 g/mol. The van der Waals surface area contributed by atoms with Gasteiger partial charge in [-0.05, 0) is 47.2 Å². The lowest BCUT2D eigenvalue weighted by molar-refractivity contribution is -0.113. The third-order valence-electron chi connectivity index (χ3n) is 4.70. The normalized spacial score (nSPS) is 11.6. The summed E-state index contributed by atoms with van der Waals surface area (Å²) in [7, 11) is 0. The number of nitrogens with one attached hydrogen (secondary N) is 1. The van der Waals surface area contributed by atoms with Crippen molar-refractivity contribution in [1.29, 1.82) is 0 Å². The summed E-state index contributed by atoms with van der Waals surface area (Å²) in [5.41, 5.74) is 8.07. The fourth-order valence-corrected chi connectivity index (χ4v) is 3.74. The second-order valence-corrected chi connectivity index (χ2v) is 8.29. The highest BCUT2D eigenvalue weighted by molar-refractivity contribution is 7.13. The molecule has 2 aromatic carbocycles. The third kappa shape index (κ3) is 5.48. The summed E-state index contributed by atoms with van der Waals surface area (Å²) in [5, 5.41) is 5.90. The van der Waals surface area contributed by atoms with E-state index < -0.39 is 17.5 Å². The summed E-state index contributed by atoms with van der Waals surface area (Å²) in [6.07, 6.45) is 1.39. The second-order valence-electron chi connectivity index (χ2n) is 7.35. The van der Waals surface area contributed by atoms with Gasteiger partial charge in [-0.1, -0.05) is 32.0 Å². The van der Waals surface area contributed by atoms with Gasteiger partial charge in [-0.3, -0.25) is 4.79 Å². The van der Waals surface area contributed by atoms with Gasteiger partial charge in [-0.25, -0.2) is 14.6 Å². The number of benzene rings is 2. The molecule has 5 nitrogen and oxygen atoms in total. The predicted molar refractivity (Wildman–Crippen MR) is 122 cm³/mol. The van der Waals surface area contributed by atoms with Crippen molar-refractivity contribution in [3.05, 3.63) is 82.9 Å². The Bertz CT molecular complexity index is 1080. The molecule has 0 saturated heterocycles. The number of nitrogens with zero attached hydrogens (tertiary/aromatic N) is 1. The lowest BCUT2D eigenvalue weighted by Gasteiger charge is -2.19. The predicted octanol–water partition coefficient (Wildman–Crippen LogP) is 5.13. The molecule has 0 bridgehead atoms. The van der Waals surface area contributed by atoms with E-state index in [0.29, 0.717) is 16.9 Å². The van der Waals surface area contributed by atoms with Crippen LogP contribution in [0, 0.1) is 17.6 Å². The Morgan fingerprint density at radius 1 is 1.16 bits per heavy atom. The van der Waals surface area contributed by atoms with Crippen molar-refractivity contribution in [3.8, 4) is 10.4 Å². The van der Waals surface area contributed by atoms with Gasteiger partial charge in [0.15, 0.2) is 0 Å². The van der Waals surface area contributed by atoms with Crippen LogP contribution in [0.3, 0.4) is 0 Å². The van der Waals surface area contributed by atoms with E-state index in [2.05, 4.69) is 5.32 Å². The second kappa shape index (κ2) is 9.72. The van der Waals surface area contributed by atoms with E-state index in [-0.39, 0.29) is 18.0 Å². The molecule has 31 heavy (non-hydrogen) atoms. The van der Waals surface area contributed by atoms with Crippen LogP contribution in [0.1, 0.15) is 19.4 Å². The van der Waals surface area contributed by atoms with E-state index in [1.54, 1.807) is 17.4 Å². The Kier molecular flexibility index (Phi) is 7.04. The summed E-state index contributed by atoms with van der Waals surface area (Å²) in [6.45, 7) is 3.43. The molecule has 0 radical (unpaired) electrons. The molecule has 1 heterocycles. The number of nitrogen functional groups attached to an aromatic ring is 1. The van der Waals surface area contributed by atoms with Crippen LogP contribution in [0.15, 0.2) is 65.7 Å². The zero-order valence-electron chi connectivity index (χ0n) is 17.2. The van der Waals surface area contributed by atoms with Crippen molar-refractivity contribution in [3.63, 3.8) is 0 Å². The molecule has 0 spiro atoms. The maximum Gasteiger partial charge on any atom is 0.253 e. The maximum atomic E-state index is 13.9. The van der Waals surface area contributed by atoms with E-state index >= 15 is 0 Å². The number of hydrogen-bond donors (Lipinski definition) is 3. The van der Waals surface area contributed by atoms with Gasteiger partial charge < -0.3 is 16.1 Å². The van der Waals surface area contributed by atoms with Crippen molar-refractivity contribution in [2.75, 3.05) is 11.1 Å². The number of hydrogen-bond acceptors (Lipinski definition) is 5. The van der Waals surface area contributed by atoms with E-state index in [1.807, 2.05) is 43.5 Å². The highest BCUT2D eigenvalue weighted by Crippen LogP contribution is 2.30. The number of thiophene rings is 1. The lowest BCUT2D eigenvalue weighted by atomic mass is 10.0. The van der Waals surface area contributed by atoms with Gasteiger partial charge in [0.25, 0.3) is 5.91 Å². The molecule has 8 heteroatoms. The van der Waals surface area contributed by atoms with E-state index in [9.17, 15) is 13.6 Å². The first-order valence-electron chi connectivity index (χ1n) is 9.67. The summed E-state index contributed by atoms with van der Waals surface area (Å²) >= 11 is 1.58. The zero-order chi connectivity index (χ0) is 22.5. The topological polar surface area (TPSA) is 84.4 Å². The van der Waals surface area contributed by atoms with Crippen LogP contribution >= 0.6 is 11.3 Å². The third-order valence-corrected chi connectivity index (χ3v) is 5.62. The van der Waals surface area contributed by atoms with Crippen LogP contribution in [0.25, 0.3) is 10.4 Å². The number of hydrazine groups is 1. The summed E-state index contributed by atoms with van der Waals surface area (Å²) in [5.74, 6) is 3.97. The molecule has 0 aliphatic rings. The molecule has 1 amide bonds. The molecule has 0 saturated carbocycles. The first-order chi connectivity index (χ1) is 14.8. The molecule has 162 valence electrons. The van der Waals surface area contributed by atoms with Gasteiger partial charge in [-0.2, -0.15) is 0 Å². The Balaban J connectivity index is 1.81. The maximum absolute atomic E-state index is 13.9. The van der Waals surface area contributed by atoms with Gasteiger partial charge in [-0.15, -0.1) is 11.3 Å². The molecule has 1 aromatic heterocycles. The minimum absolute atomic E-state index is 0.169. The molecule has 0 aliphatic carbocycles. The summed E-state index contributed by atoms with van der Waals surface area (Å²) in [4.78, 5) is 14.0. The SMILES string of the molecule is CC(C)/C(=C\N(N)Cc1c(F)cccc1F)C(=O)Nc1cc(-c2cccs2)ccc1N. The van der Waals surface area contributed by atoms with Gasteiger partial charge >= 0.3 is 0 Å². The monoisotopic (exact) mass is 442 g/mol. The van der Waals surface area contributed by atoms with Crippen molar-refractivity contribution < 1.29 is 13.6 Å². The molecule has 0 aliphatic heterocycles. The standard InChI is InChI=1S/C23H24F2N4OS/c1-14(2)16(12-29(27)13-17-18(24)5-3-6-19(17)25)23(30)28-21-11-15(8-9-20(21)26)22-7-4-10-31-22/h3-12,14H,13,26-27H2,1-2H3,(H,28,30)/b16-12+. The van der Waals surface area contributed by atoms with Gasteiger partial charge in [0, 0.05) is 22.2 Å². The Morgan fingerprint density at radius 3 is 2.48 bits per heavy atom. The molecule has 3 rings (SSSR count). The zero-order valence-corrected chi connectivity index (χ0v) is 18.0. The first-order valence-corrected chi connectivity index (χ1v) is 10.5. The van der Waals surface area contributed by atoms with Gasteiger partial charge in [0.2, 0.25) is 0 Å². The van der Waals surface area contributed by atoms with Gasteiger partial charge in [0.1, 0.15) is 11.6 Å². The largest absolute Gasteiger partial charge is 0.397 e. The molecule has 0 fully saturated rings. The fourth-order valence-electron chi connectivity index (χ4n) is 3.02. The fraction of sp³-hybridized carbons (Fsp3) is 0.174. The Labute approximate surface area is 184 Å². The van der Waals surface area contributed by atoms with E-state index in [0.717, 1.165) is 27.6 Å². The molecule has 5 N–H and O–H groups in total. The highest BCUT2D eigenvalue weighted by Gasteiger charge is 2.18. The minimum atomic E-state index is -0.697. The number of carbonyl (C=O) groups excluding carboxylic acids is 1. The lowest BCUT2D eigenvalue weighted by Crippen LogP contribution is -2.29.